The zero-order chi connectivity index (χ0) is 13.9. The Hall–Kier alpha value is -1.51. The number of fused-ring (bicyclic) bond motifs is 1. The van der Waals surface area contributed by atoms with Gasteiger partial charge in [-0.3, -0.25) is 4.79 Å². The van der Waals surface area contributed by atoms with E-state index in [-0.39, 0.29) is 5.91 Å². The van der Waals surface area contributed by atoms with Gasteiger partial charge < -0.3 is 10.6 Å². The number of rotatable bonds is 3. The highest BCUT2D eigenvalue weighted by Gasteiger charge is 2.25. The minimum Gasteiger partial charge on any atom is -0.384 e. The molecule has 3 heteroatoms. The second-order valence-electron chi connectivity index (χ2n) is 6.39. The van der Waals surface area contributed by atoms with Gasteiger partial charge in [-0.2, -0.15) is 0 Å². The Morgan fingerprint density at radius 1 is 1.25 bits per heavy atom. The summed E-state index contributed by atoms with van der Waals surface area (Å²) in [6.07, 6.45) is 5.40. The number of nitrogens with one attached hydrogen (secondary N) is 2. The van der Waals surface area contributed by atoms with E-state index in [1.54, 1.807) is 0 Å². The normalized spacial score (nSPS) is 28.6. The third kappa shape index (κ3) is 2.97. The lowest BCUT2D eigenvalue weighted by Gasteiger charge is -2.27. The number of carbonyl (C=O) groups is 1. The lowest BCUT2D eigenvalue weighted by molar-refractivity contribution is -0.122. The van der Waals surface area contributed by atoms with Gasteiger partial charge in [0.2, 0.25) is 5.91 Å². The van der Waals surface area contributed by atoms with Gasteiger partial charge >= 0.3 is 0 Å². The van der Waals surface area contributed by atoms with Crippen molar-refractivity contribution in [1.29, 1.82) is 0 Å². The molecule has 0 saturated heterocycles. The van der Waals surface area contributed by atoms with Crippen molar-refractivity contribution in [2.45, 2.75) is 51.0 Å². The molecule has 3 nitrogen and oxygen atoms in total. The maximum Gasteiger partial charge on any atom is 0.220 e. The Balaban J connectivity index is 1.53. The molecule has 1 atom stereocenters. The molecule has 3 rings (SSSR count). The molecule has 1 fully saturated rings. The molecule has 0 radical (unpaired) electrons. The van der Waals surface area contributed by atoms with Gasteiger partial charge in [-0.1, -0.05) is 25.1 Å². The topological polar surface area (TPSA) is 41.1 Å². The van der Waals surface area contributed by atoms with E-state index in [9.17, 15) is 4.79 Å². The van der Waals surface area contributed by atoms with Gasteiger partial charge in [0, 0.05) is 30.6 Å². The fourth-order valence-corrected chi connectivity index (χ4v) is 3.45. The monoisotopic (exact) mass is 272 g/mol. The summed E-state index contributed by atoms with van der Waals surface area (Å²) in [4.78, 5) is 12.2. The molecule has 108 valence electrons. The Morgan fingerprint density at radius 3 is 2.80 bits per heavy atom. The first-order valence-electron chi connectivity index (χ1n) is 7.84. The van der Waals surface area contributed by atoms with E-state index in [1.165, 1.54) is 24.1 Å². The van der Waals surface area contributed by atoms with Crippen molar-refractivity contribution in [3.8, 4) is 0 Å². The van der Waals surface area contributed by atoms with Crippen molar-refractivity contribution >= 4 is 11.6 Å². The molecular formula is C17H24N2O. The van der Waals surface area contributed by atoms with Crippen LogP contribution in [0, 0.1) is 5.92 Å². The minimum atomic E-state index is 0.216. The number of para-hydroxylation sites is 1. The lowest BCUT2D eigenvalue weighted by Crippen LogP contribution is -2.38. The van der Waals surface area contributed by atoms with Crippen LogP contribution < -0.4 is 10.6 Å². The Kier molecular flexibility index (Phi) is 3.95. The smallest absolute Gasteiger partial charge is 0.220 e. The summed E-state index contributed by atoms with van der Waals surface area (Å²) in [7, 11) is 0. The van der Waals surface area contributed by atoms with Gasteiger partial charge in [0.05, 0.1) is 0 Å². The average Bonchev–Trinajstić information content (AvgIpc) is 2.85. The molecule has 1 aromatic carbocycles. The Bertz CT molecular complexity index is 478. The van der Waals surface area contributed by atoms with E-state index in [0.717, 1.165) is 25.3 Å². The number of benzene rings is 1. The Labute approximate surface area is 121 Å². The highest BCUT2D eigenvalue weighted by molar-refractivity contribution is 5.78. The summed E-state index contributed by atoms with van der Waals surface area (Å²) in [5.74, 6) is 1.37. The molecule has 1 aliphatic heterocycles. The molecule has 0 spiro atoms. The summed E-state index contributed by atoms with van der Waals surface area (Å²) in [5, 5.41) is 6.62. The summed E-state index contributed by atoms with van der Waals surface area (Å²) in [5.41, 5.74) is 2.48. The quantitative estimate of drug-likeness (QED) is 0.886. The maximum absolute atomic E-state index is 12.2. The molecule has 1 aromatic rings. The maximum atomic E-state index is 12.2. The third-order valence-electron chi connectivity index (χ3n) is 4.75. The molecule has 1 unspecified atom stereocenters. The first-order valence-corrected chi connectivity index (χ1v) is 7.84. The van der Waals surface area contributed by atoms with Crippen LogP contribution in [0.2, 0.25) is 0 Å². The molecule has 2 aliphatic rings. The third-order valence-corrected chi connectivity index (χ3v) is 4.75. The van der Waals surface area contributed by atoms with E-state index in [0.29, 0.717) is 18.4 Å². The van der Waals surface area contributed by atoms with Crippen LogP contribution in [0.25, 0.3) is 0 Å². The molecule has 0 bridgehead atoms. The fraction of sp³-hybridized carbons (Fsp3) is 0.588. The molecule has 1 heterocycles. The summed E-state index contributed by atoms with van der Waals surface area (Å²) in [6.45, 7) is 3.19. The predicted molar refractivity (Wildman–Crippen MR) is 81.9 cm³/mol. The van der Waals surface area contributed by atoms with Crippen molar-refractivity contribution in [3.05, 3.63) is 29.8 Å². The number of anilines is 1. The molecule has 0 aromatic heterocycles. The fourth-order valence-electron chi connectivity index (χ4n) is 3.45. The van der Waals surface area contributed by atoms with Crippen LogP contribution in [0.15, 0.2) is 24.3 Å². The largest absolute Gasteiger partial charge is 0.384 e. The van der Waals surface area contributed by atoms with Crippen LogP contribution >= 0.6 is 0 Å². The van der Waals surface area contributed by atoms with E-state index in [1.807, 2.05) is 6.07 Å². The van der Waals surface area contributed by atoms with Crippen molar-refractivity contribution < 1.29 is 4.79 Å². The molecule has 1 saturated carbocycles. The highest BCUT2D eigenvalue weighted by Crippen LogP contribution is 2.33. The first-order chi connectivity index (χ1) is 9.72. The van der Waals surface area contributed by atoms with Gasteiger partial charge in [-0.05, 0) is 43.2 Å². The van der Waals surface area contributed by atoms with Crippen molar-refractivity contribution in [2.24, 2.45) is 5.92 Å². The van der Waals surface area contributed by atoms with Crippen LogP contribution in [0.5, 0.6) is 0 Å². The number of amides is 1. The van der Waals surface area contributed by atoms with Crippen molar-refractivity contribution in [3.63, 3.8) is 0 Å². The summed E-state index contributed by atoms with van der Waals surface area (Å²) in [6, 6.07) is 8.73. The molecule has 20 heavy (non-hydrogen) atoms. The van der Waals surface area contributed by atoms with Crippen molar-refractivity contribution in [2.75, 3.05) is 11.9 Å². The minimum absolute atomic E-state index is 0.216. The molecule has 2 N–H and O–H groups in total. The van der Waals surface area contributed by atoms with Crippen LogP contribution in [0.3, 0.4) is 0 Å². The first kappa shape index (κ1) is 13.5. The van der Waals surface area contributed by atoms with Crippen LogP contribution in [0.1, 0.15) is 50.5 Å². The highest BCUT2D eigenvalue weighted by atomic mass is 16.1. The van der Waals surface area contributed by atoms with Gasteiger partial charge in [-0.25, -0.2) is 0 Å². The van der Waals surface area contributed by atoms with Crippen molar-refractivity contribution in [1.82, 2.24) is 5.32 Å². The van der Waals surface area contributed by atoms with E-state index >= 15 is 0 Å². The predicted octanol–water partition coefficient (Wildman–Crippen LogP) is 3.28. The molecule has 1 aliphatic carbocycles. The Morgan fingerprint density at radius 2 is 2.00 bits per heavy atom. The average molecular weight is 272 g/mol. The molecule has 1 amide bonds. The zero-order valence-corrected chi connectivity index (χ0v) is 12.2. The SMILES string of the molecule is CC1CCC(NC(=O)CC2CNc3ccccc32)CC1. The van der Waals surface area contributed by atoms with Crippen LogP contribution in [0.4, 0.5) is 5.69 Å². The second-order valence-corrected chi connectivity index (χ2v) is 6.39. The number of hydrogen-bond acceptors (Lipinski definition) is 2. The summed E-state index contributed by atoms with van der Waals surface area (Å²) >= 11 is 0. The van der Waals surface area contributed by atoms with E-state index < -0.39 is 0 Å². The number of carbonyl (C=O) groups excluding carboxylic acids is 1. The van der Waals surface area contributed by atoms with E-state index in [4.69, 9.17) is 0 Å². The van der Waals surface area contributed by atoms with Crippen LogP contribution in [-0.2, 0) is 4.79 Å². The number of hydrogen-bond donors (Lipinski definition) is 2. The standard InChI is InChI=1S/C17H24N2O/c1-12-6-8-14(9-7-12)19-17(20)10-13-11-18-16-5-3-2-4-15(13)16/h2-5,12-14,18H,6-11H2,1H3,(H,19,20). The second kappa shape index (κ2) is 5.86. The summed E-state index contributed by atoms with van der Waals surface area (Å²) < 4.78 is 0. The van der Waals surface area contributed by atoms with E-state index in [2.05, 4.69) is 35.8 Å². The zero-order valence-electron chi connectivity index (χ0n) is 12.2. The van der Waals surface area contributed by atoms with Gasteiger partial charge in [0.25, 0.3) is 0 Å². The van der Waals surface area contributed by atoms with Gasteiger partial charge in [0.15, 0.2) is 0 Å². The molecular weight excluding hydrogens is 248 g/mol. The van der Waals surface area contributed by atoms with Gasteiger partial charge in [0.1, 0.15) is 0 Å². The van der Waals surface area contributed by atoms with Gasteiger partial charge in [-0.15, -0.1) is 0 Å². The van der Waals surface area contributed by atoms with Crippen LogP contribution in [-0.4, -0.2) is 18.5 Å². The lowest BCUT2D eigenvalue weighted by atomic mass is 9.87.